The molecule has 2 atom stereocenters. The molecule has 0 aromatic rings. The van der Waals surface area contributed by atoms with Crippen LogP contribution in [0.25, 0.3) is 0 Å². The van der Waals surface area contributed by atoms with E-state index in [4.69, 9.17) is 4.99 Å². The fourth-order valence-corrected chi connectivity index (χ4v) is 4.99. The lowest BCUT2D eigenvalue weighted by Crippen LogP contribution is -2.53. The number of quaternary nitrogens is 1. The van der Waals surface area contributed by atoms with Crippen LogP contribution in [-0.4, -0.2) is 48.2 Å². The average molecular weight is 436 g/mol. The van der Waals surface area contributed by atoms with Crippen molar-refractivity contribution in [3.63, 3.8) is 0 Å². The number of allylic oxidation sites excluding steroid dienone is 2. The third-order valence-electron chi connectivity index (χ3n) is 7.24. The number of hydrogen-bond acceptors (Lipinski definition) is 2. The van der Waals surface area contributed by atoms with Crippen molar-refractivity contribution in [2.75, 3.05) is 26.2 Å². The molecule has 0 spiro atoms. The van der Waals surface area contributed by atoms with Gasteiger partial charge in [0, 0.05) is 6.42 Å². The zero-order chi connectivity index (χ0) is 22.5. The second-order valence-corrected chi connectivity index (χ2v) is 9.76. The molecule has 0 aromatic carbocycles. The molecule has 182 valence electrons. The van der Waals surface area contributed by atoms with Gasteiger partial charge < -0.3 is 5.11 Å². The van der Waals surface area contributed by atoms with Crippen molar-refractivity contribution in [3.8, 4) is 0 Å². The van der Waals surface area contributed by atoms with Gasteiger partial charge in [-0.1, -0.05) is 103 Å². The molecule has 0 aliphatic carbocycles. The molecule has 31 heavy (non-hydrogen) atoms. The van der Waals surface area contributed by atoms with E-state index in [0.717, 1.165) is 24.1 Å². The predicted molar refractivity (Wildman–Crippen MR) is 138 cm³/mol. The SMILES string of the molecule is CCC/C=C/CCCCCCCCCCCCCCCCC1N=CC[N+]1(CC)CCO. The maximum Gasteiger partial charge on any atom is 0.182 e. The molecule has 0 saturated carbocycles. The Morgan fingerprint density at radius 1 is 0.774 bits per heavy atom. The van der Waals surface area contributed by atoms with E-state index in [2.05, 4.69) is 32.2 Å². The van der Waals surface area contributed by atoms with Gasteiger partial charge in [-0.25, -0.2) is 4.99 Å². The molecule has 3 heteroatoms. The van der Waals surface area contributed by atoms with Crippen LogP contribution in [0.15, 0.2) is 17.1 Å². The van der Waals surface area contributed by atoms with E-state index >= 15 is 0 Å². The topological polar surface area (TPSA) is 32.6 Å². The second kappa shape index (κ2) is 20.0. The van der Waals surface area contributed by atoms with Crippen LogP contribution in [0.1, 0.15) is 129 Å². The van der Waals surface area contributed by atoms with Gasteiger partial charge in [0.15, 0.2) is 6.17 Å². The van der Waals surface area contributed by atoms with E-state index in [-0.39, 0.29) is 6.61 Å². The minimum atomic E-state index is 0.282. The van der Waals surface area contributed by atoms with Crippen LogP contribution in [0, 0.1) is 0 Å². The molecule has 0 saturated heterocycles. The highest BCUT2D eigenvalue weighted by Crippen LogP contribution is 2.24. The fraction of sp³-hybridized carbons (Fsp3) is 0.893. The summed E-state index contributed by atoms with van der Waals surface area (Å²) in [6, 6.07) is 0. The zero-order valence-electron chi connectivity index (χ0n) is 21.2. The number of likely N-dealkylation sites (N-methyl/N-ethyl adjacent to an activating group) is 1. The number of hydrogen-bond donors (Lipinski definition) is 1. The van der Waals surface area contributed by atoms with Gasteiger partial charge in [-0.05, 0) is 32.6 Å². The highest BCUT2D eigenvalue weighted by molar-refractivity contribution is 5.60. The molecular weight excluding hydrogens is 380 g/mol. The number of aliphatic hydroxyl groups is 1. The predicted octanol–water partition coefficient (Wildman–Crippen LogP) is 7.82. The Morgan fingerprint density at radius 3 is 1.81 bits per heavy atom. The average Bonchev–Trinajstić information content (AvgIpc) is 3.18. The van der Waals surface area contributed by atoms with Crippen molar-refractivity contribution in [1.82, 2.24) is 0 Å². The lowest BCUT2D eigenvalue weighted by Gasteiger charge is -2.37. The molecule has 0 aromatic heterocycles. The van der Waals surface area contributed by atoms with Crippen LogP contribution < -0.4 is 0 Å². The highest BCUT2D eigenvalue weighted by Gasteiger charge is 2.36. The van der Waals surface area contributed by atoms with Gasteiger partial charge in [-0.15, -0.1) is 0 Å². The Bertz CT molecular complexity index is 448. The second-order valence-electron chi connectivity index (χ2n) is 9.76. The highest BCUT2D eigenvalue weighted by atomic mass is 16.3. The van der Waals surface area contributed by atoms with Crippen LogP contribution in [0.4, 0.5) is 0 Å². The van der Waals surface area contributed by atoms with Gasteiger partial charge in [0.1, 0.15) is 13.1 Å². The summed E-state index contributed by atoms with van der Waals surface area (Å²) in [5.74, 6) is 0. The third-order valence-corrected chi connectivity index (χ3v) is 7.24. The van der Waals surface area contributed by atoms with Crippen molar-refractivity contribution in [3.05, 3.63) is 12.2 Å². The normalized spacial score (nSPS) is 20.9. The largest absolute Gasteiger partial charge is 0.391 e. The van der Waals surface area contributed by atoms with E-state index in [1.54, 1.807) is 0 Å². The van der Waals surface area contributed by atoms with E-state index in [1.807, 2.05) is 0 Å². The Labute approximate surface area is 195 Å². The van der Waals surface area contributed by atoms with Crippen LogP contribution >= 0.6 is 0 Å². The Balaban J connectivity index is 1.81. The Kier molecular flexibility index (Phi) is 18.3. The first kappa shape index (κ1) is 28.4. The quantitative estimate of drug-likeness (QED) is 0.105. The number of unbranched alkanes of at least 4 members (excludes halogenated alkanes) is 15. The first-order chi connectivity index (χ1) is 15.3. The number of aliphatic imine (C=N–C) groups is 1. The Morgan fingerprint density at radius 2 is 1.29 bits per heavy atom. The molecule has 3 nitrogen and oxygen atoms in total. The van der Waals surface area contributed by atoms with Crippen molar-refractivity contribution < 1.29 is 9.59 Å². The summed E-state index contributed by atoms with van der Waals surface area (Å²) in [4.78, 5) is 4.73. The van der Waals surface area contributed by atoms with E-state index < -0.39 is 0 Å². The maximum absolute atomic E-state index is 9.40. The summed E-state index contributed by atoms with van der Waals surface area (Å²) in [5.41, 5.74) is 0. The van der Waals surface area contributed by atoms with Gasteiger partial charge in [0.2, 0.25) is 0 Å². The van der Waals surface area contributed by atoms with Gasteiger partial charge in [-0.2, -0.15) is 0 Å². The first-order valence-electron chi connectivity index (χ1n) is 13.9. The summed E-state index contributed by atoms with van der Waals surface area (Å²) in [6.07, 6.45) is 32.0. The minimum Gasteiger partial charge on any atom is -0.391 e. The monoisotopic (exact) mass is 435 g/mol. The van der Waals surface area contributed by atoms with Crippen molar-refractivity contribution in [2.24, 2.45) is 4.99 Å². The summed E-state index contributed by atoms with van der Waals surface area (Å²) in [7, 11) is 0. The van der Waals surface area contributed by atoms with Crippen LogP contribution in [0.3, 0.4) is 0 Å². The molecule has 0 amide bonds. The molecule has 1 aliphatic rings. The molecule has 0 fully saturated rings. The summed E-state index contributed by atoms with van der Waals surface area (Å²) >= 11 is 0. The van der Waals surface area contributed by atoms with E-state index in [0.29, 0.717) is 6.17 Å². The number of rotatable bonds is 22. The zero-order valence-corrected chi connectivity index (χ0v) is 21.2. The van der Waals surface area contributed by atoms with Gasteiger partial charge in [0.05, 0.1) is 19.4 Å². The molecular formula is C28H55N2O+. The molecule has 1 aliphatic heterocycles. The fourth-order valence-electron chi connectivity index (χ4n) is 4.99. The molecule has 0 radical (unpaired) electrons. The maximum atomic E-state index is 9.40. The third kappa shape index (κ3) is 13.5. The lowest BCUT2D eigenvalue weighted by molar-refractivity contribution is -0.936. The summed E-state index contributed by atoms with van der Waals surface area (Å²) < 4.78 is 0.979. The van der Waals surface area contributed by atoms with Crippen molar-refractivity contribution in [1.29, 1.82) is 0 Å². The minimum absolute atomic E-state index is 0.282. The lowest BCUT2D eigenvalue weighted by atomic mass is 10.0. The van der Waals surface area contributed by atoms with Crippen LogP contribution in [0.2, 0.25) is 0 Å². The molecule has 0 bridgehead atoms. The standard InChI is InChI=1S/C28H55N2O/c1-3-5-6-7-8-9-10-11-12-13-14-15-16-17-18-19-20-21-22-23-28-29-24-25-30(28,4-2)26-27-31/h6-7,24,28,31H,3-5,8-23,25-27H2,1-2H3/q+1/b7-6+. The van der Waals surface area contributed by atoms with Gasteiger partial charge in [-0.3, -0.25) is 4.48 Å². The number of nitrogens with zero attached hydrogens (tertiary/aromatic N) is 2. The van der Waals surface area contributed by atoms with Crippen molar-refractivity contribution >= 4 is 6.21 Å². The van der Waals surface area contributed by atoms with E-state index in [9.17, 15) is 5.11 Å². The number of aliphatic hydroxyl groups excluding tert-OH is 1. The van der Waals surface area contributed by atoms with Crippen LogP contribution in [-0.2, 0) is 0 Å². The first-order valence-corrected chi connectivity index (χ1v) is 13.9. The smallest absolute Gasteiger partial charge is 0.182 e. The molecule has 1 heterocycles. The van der Waals surface area contributed by atoms with E-state index in [1.165, 1.54) is 116 Å². The summed E-state index contributed by atoms with van der Waals surface area (Å²) in [5, 5.41) is 9.40. The molecule has 1 rings (SSSR count). The Hall–Kier alpha value is -0.670. The molecule has 2 unspecified atom stereocenters. The van der Waals surface area contributed by atoms with Gasteiger partial charge in [0.25, 0.3) is 0 Å². The van der Waals surface area contributed by atoms with Gasteiger partial charge >= 0.3 is 0 Å². The molecule has 1 N–H and O–H groups in total. The van der Waals surface area contributed by atoms with Crippen LogP contribution in [0.5, 0.6) is 0 Å². The van der Waals surface area contributed by atoms with Crippen molar-refractivity contribution in [2.45, 2.75) is 136 Å². The summed E-state index contributed by atoms with van der Waals surface area (Å²) in [6.45, 7) is 7.73.